The standard InChI is InChI=1S/C14H13N5/c1-10-18-13-5-3-2-4-12(13)14(19-10)17-9-11-8-15-6-7-16-11/h2-8H,9H2,1H3,(H,17,18,19). The Labute approximate surface area is 110 Å². The molecule has 19 heavy (non-hydrogen) atoms. The van der Waals surface area contributed by atoms with Crippen LogP contribution in [-0.2, 0) is 6.54 Å². The second kappa shape index (κ2) is 4.97. The van der Waals surface area contributed by atoms with Crippen LogP contribution in [0.4, 0.5) is 5.82 Å². The summed E-state index contributed by atoms with van der Waals surface area (Å²) >= 11 is 0. The van der Waals surface area contributed by atoms with Crippen LogP contribution in [-0.4, -0.2) is 19.9 Å². The molecule has 0 spiro atoms. The van der Waals surface area contributed by atoms with Gasteiger partial charge in [0.2, 0.25) is 0 Å². The molecule has 1 aromatic carbocycles. The van der Waals surface area contributed by atoms with Crippen molar-refractivity contribution in [2.45, 2.75) is 13.5 Å². The van der Waals surface area contributed by atoms with Gasteiger partial charge < -0.3 is 5.32 Å². The normalized spacial score (nSPS) is 10.6. The van der Waals surface area contributed by atoms with Crippen molar-refractivity contribution in [1.82, 2.24) is 19.9 Å². The Morgan fingerprint density at radius 3 is 2.84 bits per heavy atom. The maximum atomic E-state index is 4.45. The van der Waals surface area contributed by atoms with Gasteiger partial charge in [-0.25, -0.2) is 9.97 Å². The highest BCUT2D eigenvalue weighted by Crippen LogP contribution is 2.20. The van der Waals surface area contributed by atoms with E-state index in [1.165, 1.54) is 0 Å². The minimum Gasteiger partial charge on any atom is -0.364 e. The minimum atomic E-state index is 0.592. The second-order valence-corrected chi connectivity index (χ2v) is 4.19. The monoisotopic (exact) mass is 251 g/mol. The van der Waals surface area contributed by atoms with Crippen LogP contribution in [0.3, 0.4) is 0 Å². The number of fused-ring (bicyclic) bond motifs is 1. The number of nitrogens with one attached hydrogen (secondary N) is 1. The van der Waals surface area contributed by atoms with E-state index in [1.807, 2.05) is 31.2 Å². The molecule has 0 aliphatic rings. The van der Waals surface area contributed by atoms with Crippen molar-refractivity contribution in [1.29, 1.82) is 0 Å². The lowest BCUT2D eigenvalue weighted by Gasteiger charge is -2.08. The Kier molecular flexibility index (Phi) is 3.02. The van der Waals surface area contributed by atoms with Crippen molar-refractivity contribution in [2.75, 3.05) is 5.32 Å². The van der Waals surface area contributed by atoms with Gasteiger partial charge in [0.25, 0.3) is 0 Å². The predicted octanol–water partition coefficient (Wildman–Crippen LogP) is 2.34. The van der Waals surface area contributed by atoms with Gasteiger partial charge in [-0.1, -0.05) is 12.1 Å². The van der Waals surface area contributed by atoms with Gasteiger partial charge in [-0.2, -0.15) is 0 Å². The molecule has 0 fully saturated rings. The van der Waals surface area contributed by atoms with Crippen LogP contribution < -0.4 is 5.32 Å². The Balaban J connectivity index is 1.92. The largest absolute Gasteiger partial charge is 0.364 e. The highest BCUT2D eigenvalue weighted by atomic mass is 15.0. The van der Waals surface area contributed by atoms with Gasteiger partial charge in [-0.15, -0.1) is 0 Å². The van der Waals surface area contributed by atoms with Crippen LogP contribution in [0.25, 0.3) is 10.9 Å². The van der Waals surface area contributed by atoms with Crippen LogP contribution in [0.1, 0.15) is 11.5 Å². The summed E-state index contributed by atoms with van der Waals surface area (Å²) < 4.78 is 0. The van der Waals surface area contributed by atoms with Crippen LogP contribution >= 0.6 is 0 Å². The van der Waals surface area contributed by atoms with Gasteiger partial charge >= 0.3 is 0 Å². The number of nitrogens with zero attached hydrogens (tertiary/aromatic N) is 4. The maximum Gasteiger partial charge on any atom is 0.137 e. The molecule has 0 aliphatic heterocycles. The zero-order valence-electron chi connectivity index (χ0n) is 10.5. The van der Waals surface area contributed by atoms with Crippen LogP contribution in [0.2, 0.25) is 0 Å². The van der Waals surface area contributed by atoms with Crippen molar-refractivity contribution < 1.29 is 0 Å². The average molecular weight is 251 g/mol. The predicted molar refractivity (Wildman–Crippen MR) is 73.6 cm³/mol. The first-order valence-electron chi connectivity index (χ1n) is 6.05. The molecule has 5 heteroatoms. The average Bonchev–Trinajstić information content (AvgIpc) is 2.45. The Bertz CT molecular complexity index is 697. The quantitative estimate of drug-likeness (QED) is 0.774. The molecule has 1 N–H and O–H groups in total. The van der Waals surface area contributed by atoms with Gasteiger partial charge in [0.05, 0.1) is 24.0 Å². The molecule has 0 unspecified atom stereocenters. The smallest absolute Gasteiger partial charge is 0.137 e. The lowest BCUT2D eigenvalue weighted by atomic mass is 10.2. The third kappa shape index (κ3) is 2.49. The van der Waals surface area contributed by atoms with Crippen molar-refractivity contribution in [3.63, 3.8) is 0 Å². The summed E-state index contributed by atoms with van der Waals surface area (Å²) in [7, 11) is 0. The van der Waals surface area contributed by atoms with Gasteiger partial charge in [0.1, 0.15) is 11.6 Å². The summed E-state index contributed by atoms with van der Waals surface area (Å²) in [5.74, 6) is 1.58. The minimum absolute atomic E-state index is 0.592. The number of hydrogen-bond donors (Lipinski definition) is 1. The summed E-state index contributed by atoms with van der Waals surface area (Å²) in [6.07, 6.45) is 5.08. The Hall–Kier alpha value is -2.56. The molecular weight excluding hydrogens is 238 g/mol. The lowest BCUT2D eigenvalue weighted by Crippen LogP contribution is -2.05. The molecule has 0 saturated heterocycles. The SMILES string of the molecule is Cc1nc(NCc2cnccn2)c2ccccc2n1. The fourth-order valence-corrected chi connectivity index (χ4v) is 1.92. The van der Waals surface area contributed by atoms with Crippen LogP contribution in [0.5, 0.6) is 0 Å². The highest BCUT2D eigenvalue weighted by molar-refractivity contribution is 5.88. The number of rotatable bonds is 3. The van der Waals surface area contributed by atoms with E-state index in [0.717, 1.165) is 28.2 Å². The topological polar surface area (TPSA) is 63.6 Å². The molecule has 0 aliphatic carbocycles. The zero-order chi connectivity index (χ0) is 13.1. The van der Waals surface area contributed by atoms with E-state index in [4.69, 9.17) is 0 Å². The number of aromatic nitrogens is 4. The van der Waals surface area contributed by atoms with E-state index in [-0.39, 0.29) is 0 Å². The third-order valence-corrected chi connectivity index (χ3v) is 2.77. The Morgan fingerprint density at radius 2 is 2.00 bits per heavy atom. The summed E-state index contributed by atoms with van der Waals surface area (Å²) in [5, 5.41) is 4.30. The van der Waals surface area contributed by atoms with Gasteiger partial charge in [0, 0.05) is 17.8 Å². The van der Waals surface area contributed by atoms with E-state index in [2.05, 4.69) is 25.3 Å². The van der Waals surface area contributed by atoms with Crippen molar-refractivity contribution >= 4 is 16.7 Å². The fourth-order valence-electron chi connectivity index (χ4n) is 1.92. The summed E-state index contributed by atoms with van der Waals surface area (Å²) in [6.45, 7) is 2.48. The number of anilines is 1. The van der Waals surface area contributed by atoms with E-state index < -0.39 is 0 Å². The first-order valence-corrected chi connectivity index (χ1v) is 6.05. The van der Waals surface area contributed by atoms with Crippen molar-refractivity contribution in [2.24, 2.45) is 0 Å². The molecule has 0 saturated carbocycles. The van der Waals surface area contributed by atoms with E-state index >= 15 is 0 Å². The van der Waals surface area contributed by atoms with Gasteiger partial charge in [-0.3, -0.25) is 9.97 Å². The number of benzene rings is 1. The summed E-state index contributed by atoms with van der Waals surface area (Å²) in [4.78, 5) is 17.1. The second-order valence-electron chi connectivity index (χ2n) is 4.19. The number of para-hydroxylation sites is 1. The summed E-state index contributed by atoms with van der Waals surface area (Å²) in [5.41, 5.74) is 1.82. The molecule has 5 nitrogen and oxygen atoms in total. The van der Waals surface area contributed by atoms with E-state index in [1.54, 1.807) is 18.6 Å². The maximum absolute atomic E-state index is 4.45. The van der Waals surface area contributed by atoms with Gasteiger partial charge in [0.15, 0.2) is 0 Å². The highest BCUT2D eigenvalue weighted by Gasteiger charge is 2.05. The lowest BCUT2D eigenvalue weighted by molar-refractivity contribution is 0.988. The molecule has 94 valence electrons. The first-order chi connectivity index (χ1) is 9.33. The summed E-state index contributed by atoms with van der Waals surface area (Å²) in [6, 6.07) is 7.95. The molecule has 0 radical (unpaired) electrons. The molecule has 3 aromatic rings. The molecule has 0 atom stereocenters. The third-order valence-electron chi connectivity index (χ3n) is 2.77. The molecular formula is C14H13N5. The molecule has 3 rings (SSSR count). The van der Waals surface area contributed by atoms with E-state index in [9.17, 15) is 0 Å². The molecule has 2 aromatic heterocycles. The molecule has 0 amide bonds. The molecule has 2 heterocycles. The van der Waals surface area contributed by atoms with Crippen molar-refractivity contribution in [3.05, 3.63) is 54.4 Å². The van der Waals surface area contributed by atoms with E-state index in [0.29, 0.717) is 6.54 Å². The van der Waals surface area contributed by atoms with Crippen molar-refractivity contribution in [3.8, 4) is 0 Å². The van der Waals surface area contributed by atoms with Gasteiger partial charge in [-0.05, 0) is 19.1 Å². The first kappa shape index (κ1) is 11.5. The Morgan fingerprint density at radius 1 is 1.11 bits per heavy atom. The fraction of sp³-hybridized carbons (Fsp3) is 0.143. The number of hydrogen-bond acceptors (Lipinski definition) is 5. The molecule has 0 bridgehead atoms. The van der Waals surface area contributed by atoms with Crippen LogP contribution in [0.15, 0.2) is 42.9 Å². The zero-order valence-corrected chi connectivity index (χ0v) is 10.5. The van der Waals surface area contributed by atoms with Crippen LogP contribution in [0, 0.1) is 6.92 Å². The number of aryl methyl sites for hydroxylation is 1.